The Labute approximate surface area is 161 Å². The lowest BCUT2D eigenvalue weighted by Gasteiger charge is -2.31. The van der Waals surface area contributed by atoms with Crippen LogP contribution in [0, 0.1) is 0 Å². The topological polar surface area (TPSA) is 63.4 Å². The van der Waals surface area contributed by atoms with Crippen LogP contribution in [0.2, 0.25) is 5.02 Å². The Bertz CT molecular complexity index is 875. The highest BCUT2D eigenvalue weighted by Gasteiger charge is 2.41. The zero-order valence-corrected chi connectivity index (χ0v) is 16.2. The number of nitrogens with two attached hydrogens (primary N) is 1. The SMILES string of the molecule is CN1C2CC[C@@H]1Cc1sc(CC(=O)Cc3ccc(Cl)cc3)c(C(N)=O)c12. The van der Waals surface area contributed by atoms with Gasteiger partial charge in [0.1, 0.15) is 5.78 Å². The predicted molar refractivity (Wildman–Crippen MR) is 104 cm³/mol. The molecule has 4 nitrogen and oxygen atoms in total. The van der Waals surface area contributed by atoms with E-state index in [-0.39, 0.29) is 18.2 Å². The van der Waals surface area contributed by atoms with E-state index in [1.54, 1.807) is 23.5 Å². The summed E-state index contributed by atoms with van der Waals surface area (Å²) < 4.78 is 0. The van der Waals surface area contributed by atoms with E-state index in [2.05, 4.69) is 11.9 Å². The van der Waals surface area contributed by atoms with Gasteiger partial charge in [-0.1, -0.05) is 23.7 Å². The fourth-order valence-corrected chi connectivity index (χ4v) is 5.93. The summed E-state index contributed by atoms with van der Waals surface area (Å²) in [4.78, 5) is 29.2. The Morgan fingerprint density at radius 3 is 2.65 bits per heavy atom. The van der Waals surface area contributed by atoms with Gasteiger partial charge in [0, 0.05) is 39.7 Å². The van der Waals surface area contributed by atoms with Gasteiger partial charge in [-0.2, -0.15) is 0 Å². The lowest BCUT2D eigenvalue weighted by molar-refractivity contribution is -0.117. The fourth-order valence-electron chi connectivity index (χ4n) is 4.33. The molecule has 1 amide bonds. The number of thiophene rings is 1. The van der Waals surface area contributed by atoms with Crippen LogP contribution in [-0.2, 0) is 24.1 Å². The first-order valence-electron chi connectivity index (χ1n) is 8.86. The highest BCUT2D eigenvalue weighted by molar-refractivity contribution is 7.12. The van der Waals surface area contributed by atoms with Crippen LogP contribution in [0.1, 0.15) is 50.1 Å². The number of likely N-dealkylation sites (N-methyl/N-ethyl adjacent to an activating group) is 1. The van der Waals surface area contributed by atoms with Gasteiger partial charge in [0.2, 0.25) is 5.91 Å². The molecule has 2 atom stereocenters. The molecule has 0 saturated carbocycles. The molecule has 1 unspecified atom stereocenters. The average molecular weight is 389 g/mol. The third kappa shape index (κ3) is 3.08. The molecule has 1 fully saturated rings. The standard InChI is InChI=1S/C20H21ClN2O2S/c1-23-13-6-7-15(23)18-16(9-13)26-17(19(18)20(22)25)10-14(24)8-11-2-4-12(21)5-3-11/h2-5,13,15H,6-10H2,1H3,(H2,22,25)/t13-,15?/m1/s1. The zero-order valence-electron chi connectivity index (χ0n) is 14.6. The second-order valence-electron chi connectivity index (χ2n) is 7.24. The number of carbonyl (C=O) groups is 2. The Morgan fingerprint density at radius 1 is 1.23 bits per heavy atom. The van der Waals surface area contributed by atoms with E-state index in [1.807, 2.05) is 12.1 Å². The molecule has 2 N–H and O–H groups in total. The number of benzene rings is 1. The maximum Gasteiger partial charge on any atom is 0.250 e. The Morgan fingerprint density at radius 2 is 1.96 bits per heavy atom. The number of primary amides is 1. The molecule has 136 valence electrons. The van der Waals surface area contributed by atoms with Crippen molar-refractivity contribution in [3.63, 3.8) is 0 Å². The van der Waals surface area contributed by atoms with E-state index >= 15 is 0 Å². The number of carbonyl (C=O) groups excluding carboxylic acids is 2. The quantitative estimate of drug-likeness (QED) is 0.851. The summed E-state index contributed by atoms with van der Waals surface area (Å²) in [5, 5.41) is 0.655. The van der Waals surface area contributed by atoms with Crippen LogP contribution in [0.5, 0.6) is 0 Å². The molecule has 1 saturated heterocycles. The first-order chi connectivity index (χ1) is 12.4. The Hall–Kier alpha value is -1.69. The van der Waals surface area contributed by atoms with Gasteiger partial charge in [-0.05, 0) is 49.6 Å². The minimum Gasteiger partial charge on any atom is -0.366 e. The smallest absolute Gasteiger partial charge is 0.250 e. The van der Waals surface area contributed by atoms with Gasteiger partial charge in [-0.15, -0.1) is 11.3 Å². The van der Waals surface area contributed by atoms with Crippen molar-refractivity contribution in [1.82, 2.24) is 4.90 Å². The van der Waals surface area contributed by atoms with E-state index < -0.39 is 5.91 Å². The largest absolute Gasteiger partial charge is 0.366 e. The van der Waals surface area contributed by atoms with Gasteiger partial charge in [-0.25, -0.2) is 0 Å². The zero-order chi connectivity index (χ0) is 18.4. The van der Waals surface area contributed by atoms with Crippen LogP contribution < -0.4 is 5.73 Å². The van der Waals surface area contributed by atoms with E-state index in [1.165, 1.54) is 4.88 Å². The second kappa shape index (κ2) is 6.80. The van der Waals surface area contributed by atoms with Gasteiger partial charge >= 0.3 is 0 Å². The van der Waals surface area contributed by atoms with Crippen molar-refractivity contribution < 1.29 is 9.59 Å². The van der Waals surface area contributed by atoms with Crippen molar-refractivity contribution >= 4 is 34.6 Å². The lowest BCUT2D eigenvalue weighted by Crippen LogP contribution is -2.34. The predicted octanol–water partition coefficient (Wildman–Crippen LogP) is 3.55. The van der Waals surface area contributed by atoms with E-state index in [4.69, 9.17) is 17.3 Å². The molecule has 6 heteroatoms. The van der Waals surface area contributed by atoms with Crippen molar-refractivity contribution in [2.45, 2.75) is 44.2 Å². The van der Waals surface area contributed by atoms with Crippen LogP contribution in [0.4, 0.5) is 0 Å². The molecule has 0 radical (unpaired) electrons. The molecule has 2 aliphatic rings. The molecule has 1 aromatic heterocycles. The van der Waals surface area contributed by atoms with Crippen LogP contribution in [0.25, 0.3) is 0 Å². The highest BCUT2D eigenvalue weighted by Crippen LogP contribution is 2.48. The normalized spacial score (nSPS) is 21.6. The maximum absolute atomic E-state index is 12.6. The van der Waals surface area contributed by atoms with Gasteiger partial charge in [0.25, 0.3) is 0 Å². The average Bonchev–Trinajstić information content (AvgIpc) is 3.05. The van der Waals surface area contributed by atoms with Gasteiger partial charge in [0.05, 0.1) is 5.56 Å². The van der Waals surface area contributed by atoms with E-state index in [0.717, 1.165) is 35.3 Å². The molecular formula is C20H21ClN2O2S. The summed E-state index contributed by atoms with van der Waals surface area (Å²) >= 11 is 7.51. The van der Waals surface area contributed by atoms with Crippen LogP contribution in [-0.4, -0.2) is 29.7 Å². The molecule has 2 aliphatic heterocycles. The van der Waals surface area contributed by atoms with E-state index in [9.17, 15) is 9.59 Å². The minimum atomic E-state index is -0.407. The summed E-state index contributed by atoms with van der Waals surface area (Å²) in [6.07, 6.45) is 3.77. The van der Waals surface area contributed by atoms with Crippen molar-refractivity contribution in [3.8, 4) is 0 Å². The number of fused-ring (bicyclic) bond motifs is 4. The number of hydrogen-bond donors (Lipinski definition) is 1. The summed E-state index contributed by atoms with van der Waals surface area (Å²) in [5.74, 6) is -0.317. The van der Waals surface area contributed by atoms with Gasteiger partial charge < -0.3 is 5.73 Å². The van der Waals surface area contributed by atoms with Gasteiger partial charge in [-0.3, -0.25) is 14.5 Å². The molecule has 0 aliphatic carbocycles. The van der Waals surface area contributed by atoms with Crippen LogP contribution in [0.3, 0.4) is 0 Å². The third-order valence-corrected chi connectivity index (χ3v) is 7.09. The van der Waals surface area contributed by atoms with Crippen LogP contribution in [0.15, 0.2) is 24.3 Å². The minimum absolute atomic E-state index is 0.0898. The third-order valence-electron chi connectivity index (χ3n) is 5.61. The molecule has 1 aromatic carbocycles. The Balaban J connectivity index is 1.60. The van der Waals surface area contributed by atoms with Crippen molar-refractivity contribution in [2.24, 2.45) is 5.73 Å². The molecular weight excluding hydrogens is 368 g/mol. The van der Waals surface area contributed by atoms with E-state index in [0.29, 0.717) is 23.0 Å². The summed E-state index contributed by atoms with van der Waals surface area (Å²) in [6.45, 7) is 0. The maximum atomic E-state index is 12.6. The summed E-state index contributed by atoms with van der Waals surface area (Å²) in [7, 11) is 2.12. The number of halogens is 1. The molecule has 26 heavy (non-hydrogen) atoms. The number of hydrogen-bond acceptors (Lipinski definition) is 4. The summed E-state index contributed by atoms with van der Waals surface area (Å²) in [6, 6.07) is 8.11. The van der Waals surface area contributed by atoms with Crippen molar-refractivity contribution in [2.75, 3.05) is 7.05 Å². The highest BCUT2D eigenvalue weighted by atomic mass is 35.5. The van der Waals surface area contributed by atoms with Crippen molar-refractivity contribution in [1.29, 1.82) is 0 Å². The number of ketones is 1. The van der Waals surface area contributed by atoms with Crippen molar-refractivity contribution in [3.05, 3.63) is 55.7 Å². The molecule has 2 aromatic rings. The molecule has 3 heterocycles. The first kappa shape index (κ1) is 17.7. The molecule has 4 rings (SSSR count). The van der Waals surface area contributed by atoms with Crippen LogP contribution >= 0.6 is 22.9 Å². The molecule has 0 spiro atoms. The Kier molecular flexibility index (Phi) is 4.63. The monoisotopic (exact) mass is 388 g/mol. The number of rotatable bonds is 5. The number of amides is 1. The first-order valence-corrected chi connectivity index (χ1v) is 10.1. The second-order valence-corrected chi connectivity index (χ2v) is 8.86. The van der Waals surface area contributed by atoms with Gasteiger partial charge in [0.15, 0.2) is 0 Å². The summed E-state index contributed by atoms with van der Waals surface area (Å²) in [5.41, 5.74) is 8.35. The fraction of sp³-hybridized carbons (Fsp3) is 0.400. The molecule has 2 bridgehead atoms. The lowest BCUT2D eigenvalue weighted by atomic mass is 9.94. The number of Topliss-reactive ketones (excluding diaryl/α,β-unsaturated/α-hetero) is 1. The number of nitrogens with zero attached hydrogens (tertiary/aromatic N) is 1.